The molecule has 1 N–H and O–H groups in total. The van der Waals surface area contributed by atoms with Crippen molar-refractivity contribution < 1.29 is 0 Å². The fourth-order valence-electron chi connectivity index (χ4n) is 3.97. The Morgan fingerprint density at radius 2 is 2.05 bits per heavy atom. The highest BCUT2D eigenvalue weighted by Crippen LogP contribution is 2.39. The van der Waals surface area contributed by atoms with E-state index < -0.39 is 0 Å². The fraction of sp³-hybridized carbons (Fsp3) is 0.647. The third-order valence-electron chi connectivity index (χ3n) is 5.15. The van der Waals surface area contributed by atoms with Crippen molar-refractivity contribution >= 4 is 15.9 Å². The largest absolute Gasteiger partial charge is 0.316 e. The standard InChI is InChI=1S/C17H25BrN2/c1-14(15-6-2-3-7-16(15)18)20-11-5-9-17(13-20)8-4-10-19-12-17/h2-3,6-7,14,19H,4-5,8-13H2,1H3. The summed E-state index contributed by atoms with van der Waals surface area (Å²) in [5, 5.41) is 3.62. The Morgan fingerprint density at radius 3 is 2.80 bits per heavy atom. The van der Waals surface area contributed by atoms with E-state index in [9.17, 15) is 0 Å². The molecule has 2 fully saturated rings. The normalized spacial score (nSPS) is 29.5. The van der Waals surface area contributed by atoms with E-state index in [1.54, 1.807) is 0 Å². The van der Waals surface area contributed by atoms with Crippen LogP contribution < -0.4 is 5.32 Å². The summed E-state index contributed by atoms with van der Waals surface area (Å²) in [6.07, 6.45) is 5.49. The van der Waals surface area contributed by atoms with Gasteiger partial charge in [0.2, 0.25) is 0 Å². The lowest BCUT2D eigenvalue weighted by atomic mass is 9.74. The van der Waals surface area contributed by atoms with Crippen molar-refractivity contribution in [2.75, 3.05) is 26.2 Å². The first-order chi connectivity index (χ1) is 9.70. The van der Waals surface area contributed by atoms with Gasteiger partial charge in [-0.25, -0.2) is 0 Å². The number of hydrogen-bond donors (Lipinski definition) is 1. The molecule has 1 spiro atoms. The maximum atomic E-state index is 3.71. The van der Waals surface area contributed by atoms with Gasteiger partial charge in [-0.2, -0.15) is 0 Å². The summed E-state index contributed by atoms with van der Waals surface area (Å²) in [7, 11) is 0. The molecule has 1 aromatic carbocycles. The lowest BCUT2D eigenvalue weighted by molar-refractivity contribution is 0.0414. The third-order valence-corrected chi connectivity index (χ3v) is 5.88. The molecular weight excluding hydrogens is 312 g/mol. The Kier molecular flexibility index (Phi) is 4.49. The van der Waals surface area contributed by atoms with E-state index in [1.165, 1.54) is 61.9 Å². The molecule has 0 radical (unpaired) electrons. The van der Waals surface area contributed by atoms with E-state index in [2.05, 4.69) is 57.3 Å². The average Bonchev–Trinajstić information content (AvgIpc) is 2.48. The Morgan fingerprint density at radius 1 is 1.25 bits per heavy atom. The second-order valence-corrected chi connectivity index (χ2v) is 7.41. The molecule has 0 aliphatic carbocycles. The van der Waals surface area contributed by atoms with Gasteiger partial charge in [0.15, 0.2) is 0 Å². The van der Waals surface area contributed by atoms with Gasteiger partial charge in [0.25, 0.3) is 0 Å². The van der Waals surface area contributed by atoms with Crippen LogP contribution in [-0.2, 0) is 0 Å². The van der Waals surface area contributed by atoms with Gasteiger partial charge in [0.1, 0.15) is 0 Å². The highest BCUT2D eigenvalue weighted by atomic mass is 79.9. The summed E-state index contributed by atoms with van der Waals surface area (Å²) in [4.78, 5) is 2.69. The fourth-order valence-corrected chi connectivity index (χ4v) is 4.58. The molecule has 0 saturated carbocycles. The van der Waals surface area contributed by atoms with Crippen molar-refractivity contribution in [3.8, 4) is 0 Å². The number of rotatable bonds is 2. The monoisotopic (exact) mass is 336 g/mol. The molecule has 2 unspecified atom stereocenters. The SMILES string of the molecule is CC(c1ccccc1Br)N1CCCC2(CCCNC2)C1. The molecule has 1 aromatic rings. The number of hydrogen-bond acceptors (Lipinski definition) is 2. The van der Waals surface area contributed by atoms with Gasteiger partial charge in [-0.15, -0.1) is 0 Å². The van der Waals surface area contributed by atoms with E-state index in [0.29, 0.717) is 11.5 Å². The van der Waals surface area contributed by atoms with E-state index in [4.69, 9.17) is 0 Å². The van der Waals surface area contributed by atoms with Crippen LogP contribution in [0.4, 0.5) is 0 Å². The van der Waals surface area contributed by atoms with Gasteiger partial charge in [0, 0.05) is 23.6 Å². The van der Waals surface area contributed by atoms with Crippen LogP contribution in [0.15, 0.2) is 28.7 Å². The van der Waals surface area contributed by atoms with E-state index in [0.717, 1.165) is 0 Å². The van der Waals surface area contributed by atoms with Crippen molar-refractivity contribution in [2.24, 2.45) is 5.41 Å². The minimum atomic E-state index is 0.504. The zero-order valence-electron chi connectivity index (χ0n) is 12.4. The average molecular weight is 337 g/mol. The topological polar surface area (TPSA) is 15.3 Å². The number of halogens is 1. The van der Waals surface area contributed by atoms with Crippen LogP contribution in [0.25, 0.3) is 0 Å². The molecule has 0 aromatic heterocycles. The molecule has 2 atom stereocenters. The molecule has 0 bridgehead atoms. The maximum Gasteiger partial charge on any atom is 0.0331 e. The lowest BCUT2D eigenvalue weighted by Crippen LogP contribution is -2.51. The van der Waals surface area contributed by atoms with E-state index in [1.807, 2.05) is 0 Å². The van der Waals surface area contributed by atoms with Gasteiger partial charge in [0.05, 0.1) is 0 Å². The summed E-state index contributed by atoms with van der Waals surface area (Å²) in [5.41, 5.74) is 1.96. The van der Waals surface area contributed by atoms with Gasteiger partial charge in [-0.1, -0.05) is 34.1 Å². The summed E-state index contributed by atoms with van der Waals surface area (Å²) in [6.45, 7) is 7.27. The molecule has 2 aliphatic heterocycles. The molecule has 3 heteroatoms. The van der Waals surface area contributed by atoms with Crippen LogP contribution in [0.2, 0.25) is 0 Å². The molecular formula is C17H25BrN2. The smallest absolute Gasteiger partial charge is 0.0331 e. The van der Waals surface area contributed by atoms with Gasteiger partial charge >= 0.3 is 0 Å². The van der Waals surface area contributed by atoms with Gasteiger partial charge < -0.3 is 5.32 Å². The van der Waals surface area contributed by atoms with E-state index in [-0.39, 0.29) is 0 Å². The van der Waals surface area contributed by atoms with E-state index >= 15 is 0 Å². The quantitative estimate of drug-likeness (QED) is 0.878. The zero-order chi connectivity index (χ0) is 14.0. The Hall–Kier alpha value is -0.380. The highest BCUT2D eigenvalue weighted by Gasteiger charge is 2.38. The number of nitrogens with one attached hydrogen (secondary N) is 1. The summed E-state index contributed by atoms with van der Waals surface area (Å²) in [5.74, 6) is 0. The third kappa shape index (κ3) is 2.95. The predicted molar refractivity (Wildman–Crippen MR) is 87.9 cm³/mol. The van der Waals surface area contributed by atoms with Crippen LogP contribution >= 0.6 is 15.9 Å². The number of likely N-dealkylation sites (tertiary alicyclic amines) is 1. The van der Waals surface area contributed by atoms with Crippen molar-refractivity contribution in [3.63, 3.8) is 0 Å². The van der Waals surface area contributed by atoms with Crippen LogP contribution in [0.3, 0.4) is 0 Å². The van der Waals surface area contributed by atoms with Crippen molar-refractivity contribution in [3.05, 3.63) is 34.3 Å². The molecule has 0 amide bonds. The first-order valence-corrected chi connectivity index (χ1v) is 8.69. The molecule has 2 nitrogen and oxygen atoms in total. The van der Waals surface area contributed by atoms with Crippen LogP contribution in [-0.4, -0.2) is 31.1 Å². The molecule has 110 valence electrons. The van der Waals surface area contributed by atoms with Crippen LogP contribution in [0.1, 0.15) is 44.2 Å². The second-order valence-electron chi connectivity index (χ2n) is 6.55. The first-order valence-electron chi connectivity index (χ1n) is 7.89. The van der Waals surface area contributed by atoms with Crippen molar-refractivity contribution in [2.45, 2.75) is 38.6 Å². The number of piperidine rings is 2. The minimum Gasteiger partial charge on any atom is -0.316 e. The maximum absolute atomic E-state index is 3.71. The zero-order valence-corrected chi connectivity index (χ0v) is 14.0. The van der Waals surface area contributed by atoms with Gasteiger partial charge in [-0.3, -0.25) is 4.90 Å². The molecule has 20 heavy (non-hydrogen) atoms. The second kappa shape index (κ2) is 6.17. The highest BCUT2D eigenvalue weighted by molar-refractivity contribution is 9.10. The van der Waals surface area contributed by atoms with Crippen molar-refractivity contribution in [1.82, 2.24) is 10.2 Å². The van der Waals surface area contributed by atoms with Gasteiger partial charge in [-0.05, 0) is 62.7 Å². The summed E-state index contributed by atoms with van der Waals surface area (Å²) < 4.78 is 1.24. The summed E-state index contributed by atoms with van der Waals surface area (Å²) >= 11 is 3.71. The minimum absolute atomic E-state index is 0.504. The van der Waals surface area contributed by atoms with Crippen LogP contribution in [0.5, 0.6) is 0 Å². The molecule has 2 heterocycles. The number of nitrogens with zero attached hydrogens (tertiary/aromatic N) is 1. The Bertz CT molecular complexity index is 449. The lowest BCUT2D eigenvalue weighted by Gasteiger charge is -2.47. The summed E-state index contributed by atoms with van der Waals surface area (Å²) in [6, 6.07) is 9.18. The Labute approximate surface area is 131 Å². The Balaban J connectivity index is 1.75. The first kappa shape index (κ1) is 14.6. The van der Waals surface area contributed by atoms with Crippen molar-refractivity contribution in [1.29, 1.82) is 0 Å². The molecule has 2 saturated heterocycles. The number of benzene rings is 1. The molecule has 3 rings (SSSR count). The predicted octanol–water partition coefficient (Wildman–Crippen LogP) is 3.98. The molecule has 2 aliphatic rings. The van der Waals surface area contributed by atoms with Crippen LogP contribution in [0, 0.1) is 5.41 Å².